The maximum atomic E-state index is 10.5. The molecule has 3 nitrogen and oxygen atoms in total. The highest BCUT2D eigenvalue weighted by molar-refractivity contribution is 5.49. The lowest BCUT2D eigenvalue weighted by Gasteiger charge is -2.24. The van der Waals surface area contributed by atoms with Gasteiger partial charge in [0.05, 0.1) is 0 Å². The summed E-state index contributed by atoms with van der Waals surface area (Å²) in [6.45, 7) is 3.95. The van der Waals surface area contributed by atoms with Crippen LogP contribution in [0.25, 0.3) is 0 Å². The fraction of sp³-hybridized carbons (Fsp3) is 0.500. The molecule has 0 aromatic rings. The van der Waals surface area contributed by atoms with Crippen molar-refractivity contribution in [2.45, 2.75) is 6.42 Å². The Hall–Kier alpha value is -0.670. The molecule has 0 saturated heterocycles. The Morgan fingerprint density at radius 2 is 2.33 bits per heavy atom. The normalized spacial score (nSPS) is 9.56. The summed E-state index contributed by atoms with van der Waals surface area (Å²) >= 11 is 0. The smallest absolute Gasteiger partial charge is 0.121 e. The van der Waals surface area contributed by atoms with E-state index in [1.54, 1.807) is 0 Å². The van der Waals surface area contributed by atoms with Crippen molar-refractivity contribution in [2.24, 2.45) is 0 Å². The van der Waals surface area contributed by atoms with Gasteiger partial charge in [-0.3, -0.25) is 0 Å². The lowest BCUT2D eigenvalue weighted by molar-refractivity contribution is -0.108. The molecule has 0 aliphatic heterocycles. The minimum atomic E-state index is 0.273. The van der Waals surface area contributed by atoms with Gasteiger partial charge < -0.3 is 15.1 Å². The number of carbonyl (C=O) groups excluding carboxylic acids is 1. The molecule has 0 atom stereocenters. The minimum absolute atomic E-state index is 0.273. The summed E-state index contributed by atoms with van der Waals surface area (Å²) in [5.74, 6) is 0. The van der Waals surface area contributed by atoms with Crippen LogP contribution in [-0.2, 0) is 4.79 Å². The Kier molecular flexibility index (Phi) is 5.06. The number of hydrogen-bond donors (Lipinski definition) is 0. The maximum absolute atomic E-state index is 10.5. The Morgan fingerprint density at radius 1 is 1.67 bits per heavy atom. The van der Waals surface area contributed by atoms with Crippen molar-refractivity contribution in [1.29, 1.82) is 0 Å². The highest BCUT2D eigenvalue weighted by Crippen LogP contribution is 1.84. The topological polar surface area (TPSA) is 43.4 Å². The van der Waals surface area contributed by atoms with Gasteiger partial charge in [0, 0.05) is 13.0 Å². The van der Waals surface area contributed by atoms with E-state index in [4.69, 9.17) is 0 Å². The Labute approximate surface area is 54.5 Å². The van der Waals surface area contributed by atoms with Crippen LogP contribution in [0, 0.1) is 5.21 Å². The van der Waals surface area contributed by atoms with Gasteiger partial charge in [-0.2, -0.15) is 0 Å². The number of aldehydes is 1. The Morgan fingerprint density at radius 3 is 2.78 bits per heavy atom. The van der Waals surface area contributed by atoms with Gasteiger partial charge in [0.2, 0.25) is 0 Å². The molecular weight excluding hydrogens is 118 g/mol. The summed E-state index contributed by atoms with van der Waals surface area (Å²) < 4.78 is 0. The molecule has 0 rings (SSSR count). The summed E-state index contributed by atoms with van der Waals surface area (Å²) in [7, 11) is 0. The Bertz CT molecular complexity index is 93.1. The third-order valence-corrected chi connectivity index (χ3v) is 0.829. The van der Waals surface area contributed by atoms with Gasteiger partial charge in [-0.15, -0.1) is 6.58 Å². The van der Waals surface area contributed by atoms with Gasteiger partial charge in [-0.1, -0.05) is 6.08 Å². The van der Waals surface area contributed by atoms with Crippen LogP contribution < -0.4 is 0 Å². The van der Waals surface area contributed by atoms with Gasteiger partial charge >= 0.3 is 0 Å². The van der Waals surface area contributed by atoms with E-state index >= 15 is 0 Å². The monoisotopic (exact) mass is 128 g/mol. The lowest BCUT2D eigenvalue weighted by Crippen LogP contribution is -2.17. The van der Waals surface area contributed by atoms with Crippen LogP contribution in [0.4, 0.5) is 0 Å². The van der Waals surface area contributed by atoms with E-state index in [1.807, 2.05) is 0 Å². The van der Waals surface area contributed by atoms with Crippen LogP contribution in [0.3, 0.4) is 0 Å². The second-order valence-corrected chi connectivity index (χ2v) is 1.63. The molecule has 0 bridgehead atoms. The third kappa shape index (κ3) is 5.20. The molecule has 0 aliphatic rings. The van der Waals surface area contributed by atoms with E-state index in [2.05, 4.69) is 6.58 Å². The zero-order valence-electron chi connectivity index (χ0n) is 5.25. The lowest BCUT2D eigenvalue weighted by atomic mass is 10.4. The van der Waals surface area contributed by atoms with Crippen LogP contribution in [0.2, 0.25) is 0 Å². The van der Waals surface area contributed by atoms with E-state index in [0.717, 1.165) is 11.3 Å². The molecule has 0 aromatic carbocycles. The SMILES string of the molecule is C=CCN([O-])CCC=O. The van der Waals surface area contributed by atoms with Crippen LogP contribution in [0.1, 0.15) is 6.42 Å². The molecule has 9 heavy (non-hydrogen) atoms. The number of hydrogen-bond acceptors (Lipinski definition) is 3. The molecule has 0 amide bonds. The van der Waals surface area contributed by atoms with E-state index < -0.39 is 0 Å². The summed E-state index contributed by atoms with van der Waals surface area (Å²) in [6.07, 6.45) is 2.54. The van der Waals surface area contributed by atoms with E-state index in [1.165, 1.54) is 6.08 Å². The van der Waals surface area contributed by atoms with Crippen LogP contribution in [0.5, 0.6) is 0 Å². The molecule has 0 aliphatic carbocycles. The van der Waals surface area contributed by atoms with E-state index in [-0.39, 0.29) is 6.54 Å². The largest absolute Gasteiger partial charge is 0.785 e. The third-order valence-electron chi connectivity index (χ3n) is 0.829. The quantitative estimate of drug-likeness (QED) is 0.308. The van der Waals surface area contributed by atoms with Gasteiger partial charge in [-0.25, -0.2) is 0 Å². The molecule has 52 valence electrons. The molecule has 0 spiro atoms. The molecule has 0 aromatic heterocycles. The van der Waals surface area contributed by atoms with Gasteiger partial charge in [0.25, 0.3) is 0 Å². The molecule has 0 N–H and O–H groups in total. The highest BCUT2D eigenvalue weighted by atomic mass is 16.5. The summed E-state index contributed by atoms with van der Waals surface area (Å²) in [5, 5.41) is 11.3. The fourth-order valence-corrected chi connectivity index (χ4v) is 0.432. The Balaban J connectivity index is 3.14. The predicted octanol–water partition coefficient (Wildman–Crippen LogP) is 0.561. The van der Waals surface area contributed by atoms with Gasteiger partial charge in [-0.05, 0) is 6.54 Å². The highest BCUT2D eigenvalue weighted by Gasteiger charge is 1.84. The van der Waals surface area contributed by atoms with Crippen molar-refractivity contribution in [2.75, 3.05) is 13.1 Å². The average Bonchev–Trinajstić information content (AvgIpc) is 1.85. The van der Waals surface area contributed by atoms with E-state index in [9.17, 15) is 10.0 Å². The van der Waals surface area contributed by atoms with Crippen molar-refractivity contribution >= 4 is 6.29 Å². The molecule has 0 radical (unpaired) electrons. The summed E-state index contributed by atoms with van der Waals surface area (Å²) in [5.41, 5.74) is 0. The number of hydroxylamine groups is 2. The first-order chi connectivity index (χ1) is 4.31. The predicted molar refractivity (Wildman–Crippen MR) is 35.8 cm³/mol. The molecule has 0 heterocycles. The second kappa shape index (κ2) is 5.47. The summed E-state index contributed by atoms with van der Waals surface area (Å²) in [6, 6.07) is 0. The molecule has 0 unspecified atom stereocenters. The van der Waals surface area contributed by atoms with Crippen LogP contribution in [0.15, 0.2) is 12.7 Å². The number of nitrogens with zero attached hydrogens (tertiary/aromatic N) is 1. The second-order valence-electron chi connectivity index (χ2n) is 1.63. The van der Waals surface area contributed by atoms with Crippen molar-refractivity contribution in [1.82, 2.24) is 5.06 Å². The number of carbonyl (C=O) groups is 1. The standard InChI is InChI=1S/C6H10NO2/c1-2-4-7(9)5-3-6-8/h2,6H,1,3-5H2/q-1. The van der Waals surface area contributed by atoms with Gasteiger partial charge in [0.15, 0.2) is 0 Å². The van der Waals surface area contributed by atoms with Gasteiger partial charge in [0.1, 0.15) is 6.29 Å². The van der Waals surface area contributed by atoms with Crippen LogP contribution >= 0.6 is 0 Å². The van der Waals surface area contributed by atoms with Crippen molar-refractivity contribution in [3.05, 3.63) is 17.9 Å². The zero-order chi connectivity index (χ0) is 7.11. The average molecular weight is 128 g/mol. The van der Waals surface area contributed by atoms with Crippen molar-refractivity contribution < 1.29 is 4.79 Å². The maximum Gasteiger partial charge on any atom is 0.121 e. The first kappa shape index (κ1) is 8.33. The fourth-order valence-electron chi connectivity index (χ4n) is 0.432. The first-order valence-corrected chi connectivity index (χ1v) is 2.78. The van der Waals surface area contributed by atoms with E-state index in [0.29, 0.717) is 13.0 Å². The minimum Gasteiger partial charge on any atom is -0.785 e. The van der Waals surface area contributed by atoms with Crippen molar-refractivity contribution in [3.8, 4) is 0 Å². The molecular formula is C6H10NO2-. The molecule has 0 saturated carbocycles. The molecule has 3 heteroatoms. The summed E-state index contributed by atoms with van der Waals surface area (Å²) in [4.78, 5) is 9.72. The zero-order valence-corrected chi connectivity index (χ0v) is 5.25. The molecule has 0 fully saturated rings. The van der Waals surface area contributed by atoms with Crippen LogP contribution in [-0.4, -0.2) is 24.4 Å². The van der Waals surface area contributed by atoms with Crippen molar-refractivity contribution in [3.63, 3.8) is 0 Å². The first-order valence-electron chi connectivity index (χ1n) is 2.78. The number of rotatable bonds is 5.